The van der Waals surface area contributed by atoms with Gasteiger partial charge in [0.2, 0.25) is 5.03 Å². The number of benzene rings is 1. The van der Waals surface area contributed by atoms with E-state index in [1.165, 1.54) is 0 Å². The van der Waals surface area contributed by atoms with Gasteiger partial charge in [-0.3, -0.25) is 9.82 Å². The zero-order chi connectivity index (χ0) is 14.9. The maximum Gasteiger partial charge on any atom is 0.281 e. The van der Waals surface area contributed by atoms with E-state index in [0.717, 1.165) is 11.1 Å². The zero-order valence-corrected chi connectivity index (χ0v) is 12.5. The van der Waals surface area contributed by atoms with Gasteiger partial charge >= 0.3 is 0 Å². The van der Waals surface area contributed by atoms with Gasteiger partial charge in [0, 0.05) is 23.5 Å². The van der Waals surface area contributed by atoms with Crippen LogP contribution in [0.2, 0.25) is 0 Å². The van der Waals surface area contributed by atoms with Crippen molar-refractivity contribution in [1.82, 2.24) is 10.2 Å². The van der Waals surface area contributed by atoms with Gasteiger partial charge in [0.05, 0.1) is 0 Å². The number of anilines is 1. The fourth-order valence-electron chi connectivity index (χ4n) is 1.90. The second kappa shape index (κ2) is 5.26. The van der Waals surface area contributed by atoms with E-state index in [9.17, 15) is 8.42 Å². The summed E-state index contributed by atoms with van der Waals surface area (Å²) in [6.45, 7) is 5.75. The summed E-state index contributed by atoms with van der Waals surface area (Å²) in [6.07, 6.45) is 0. The highest BCUT2D eigenvalue weighted by Gasteiger charge is 2.23. The van der Waals surface area contributed by atoms with Gasteiger partial charge in [-0.1, -0.05) is 6.07 Å². The molecule has 0 atom stereocenters. The van der Waals surface area contributed by atoms with Crippen LogP contribution in [0.5, 0.6) is 0 Å². The lowest BCUT2D eigenvalue weighted by molar-refractivity contribution is 0.596. The molecular formula is C13H18N4O2S. The van der Waals surface area contributed by atoms with Gasteiger partial charge in [0.1, 0.15) is 0 Å². The summed E-state index contributed by atoms with van der Waals surface area (Å²) in [4.78, 5) is 0. The summed E-state index contributed by atoms with van der Waals surface area (Å²) in [5.74, 6) is 0. The highest BCUT2D eigenvalue weighted by molar-refractivity contribution is 7.92. The Balaban J connectivity index is 2.38. The van der Waals surface area contributed by atoms with E-state index in [1.807, 2.05) is 19.9 Å². The average molecular weight is 294 g/mol. The molecule has 6 nitrogen and oxygen atoms in total. The van der Waals surface area contributed by atoms with Gasteiger partial charge in [-0.15, -0.1) is 0 Å². The van der Waals surface area contributed by atoms with Crippen LogP contribution < -0.4 is 10.5 Å². The van der Waals surface area contributed by atoms with Gasteiger partial charge in [-0.2, -0.15) is 13.5 Å². The minimum Gasteiger partial charge on any atom is -0.326 e. The van der Waals surface area contributed by atoms with Crippen LogP contribution in [-0.2, 0) is 16.6 Å². The molecule has 0 aliphatic rings. The maximum atomic E-state index is 12.3. The van der Waals surface area contributed by atoms with Gasteiger partial charge in [0.15, 0.2) is 0 Å². The SMILES string of the molecule is Cc1ccc(NS(=O)(=O)c2n[nH]c(C)c2CN)cc1C. The highest BCUT2D eigenvalue weighted by Crippen LogP contribution is 2.21. The molecule has 0 spiro atoms. The van der Waals surface area contributed by atoms with Crippen molar-refractivity contribution < 1.29 is 8.42 Å². The Kier molecular flexibility index (Phi) is 3.82. The zero-order valence-electron chi connectivity index (χ0n) is 11.7. The smallest absolute Gasteiger partial charge is 0.281 e. The number of hydrogen-bond acceptors (Lipinski definition) is 4. The molecule has 0 aliphatic heterocycles. The van der Waals surface area contributed by atoms with Gasteiger partial charge in [-0.05, 0) is 44.0 Å². The molecule has 1 heterocycles. The fraction of sp³-hybridized carbons (Fsp3) is 0.308. The van der Waals surface area contributed by atoms with Crippen LogP contribution in [0.25, 0.3) is 0 Å². The van der Waals surface area contributed by atoms with E-state index in [-0.39, 0.29) is 11.6 Å². The summed E-state index contributed by atoms with van der Waals surface area (Å²) in [6, 6.07) is 5.38. The standard InChI is InChI=1S/C13H18N4O2S/c1-8-4-5-11(6-9(8)2)17-20(18,19)13-12(7-14)10(3)15-16-13/h4-6,17H,7,14H2,1-3H3,(H,15,16). The minimum atomic E-state index is -3.74. The molecule has 0 amide bonds. The van der Waals surface area contributed by atoms with Gasteiger partial charge in [-0.25, -0.2) is 0 Å². The first kappa shape index (κ1) is 14.5. The quantitative estimate of drug-likeness (QED) is 0.797. The number of rotatable bonds is 4. The van der Waals surface area contributed by atoms with Crippen molar-refractivity contribution in [3.05, 3.63) is 40.6 Å². The van der Waals surface area contributed by atoms with Crippen molar-refractivity contribution in [2.45, 2.75) is 32.3 Å². The van der Waals surface area contributed by atoms with Gasteiger partial charge in [0.25, 0.3) is 10.0 Å². The van der Waals surface area contributed by atoms with Crippen LogP contribution in [0.1, 0.15) is 22.4 Å². The van der Waals surface area contributed by atoms with E-state index >= 15 is 0 Å². The Morgan fingerprint density at radius 2 is 1.95 bits per heavy atom. The third-order valence-electron chi connectivity index (χ3n) is 3.25. The number of aromatic nitrogens is 2. The van der Waals surface area contributed by atoms with E-state index < -0.39 is 10.0 Å². The first-order valence-corrected chi connectivity index (χ1v) is 7.67. The topological polar surface area (TPSA) is 101 Å². The molecular weight excluding hydrogens is 276 g/mol. The van der Waals surface area contributed by atoms with Crippen molar-refractivity contribution in [3.8, 4) is 0 Å². The number of H-pyrrole nitrogens is 1. The molecule has 2 rings (SSSR count). The van der Waals surface area contributed by atoms with E-state index in [2.05, 4.69) is 14.9 Å². The van der Waals surface area contributed by atoms with Gasteiger partial charge < -0.3 is 5.73 Å². The third-order valence-corrected chi connectivity index (χ3v) is 4.60. The molecule has 108 valence electrons. The Labute approximate surface area is 118 Å². The number of aryl methyl sites for hydroxylation is 3. The third kappa shape index (κ3) is 2.68. The molecule has 0 saturated heterocycles. The first-order chi connectivity index (χ1) is 9.35. The Morgan fingerprint density at radius 3 is 2.55 bits per heavy atom. The molecule has 0 unspecified atom stereocenters. The lowest BCUT2D eigenvalue weighted by atomic mass is 10.1. The van der Waals surface area contributed by atoms with Crippen LogP contribution in [0, 0.1) is 20.8 Å². The molecule has 0 bridgehead atoms. The van der Waals surface area contributed by atoms with Crippen molar-refractivity contribution in [3.63, 3.8) is 0 Å². The number of nitrogens with zero attached hydrogens (tertiary/aromatic N) is 1. The predicted molar refractivity (Wildman–Crippen MR) is 77.9 cm³/mol. The number of sulfonamides is 1. The van der Waals surface area contributed by atoms with Crippen LogP contribution >= 0.6 is 0 Å². The maximum absolute atomic E-state index is 12.3. The molecule has 1 aromatic heterocycles. The van der Waals surface area contributed by atoms with Crippen molar-refractivity contribution >= 4 is 15.7 Å². The molecule has 1 aromatic carbocycles. The second-order valence-electron chi connectivity index (χ2n) is 4.74. The molecule has 20 heavy (non-hydrogen) atoms. The van der Waals surface area contributed by atoms with Crippen LogP contribution in [0.15, 0.2) is 23.2 Å². The van der Waals surface area contributed by atoms with Crippen LogP contribution in [0.3, 0.4) is 0 Å². The molecule has 4 N–H and O–H groups in total. The molecule has 0 fully saturated rings. The van der Waals surface area contributed by atoms with E-state index in [0.29, 0.717) is 16.9 Å². The fourth-order valence-corrected chi connectivity index (χ4v) is 3.16. The lowest BCUT2D eigenvalue weighted by Gasteiger charge is -2.09. The molecule has 2 aromatic rings. The number of nitrogens with two attached hydrogens (primary N) is 1. The molecule has 0 radical (unpaired) electrons. The van der Waals surface area contributed by atoms with Crippen LogP contribution in [-0.4, -0.2) is 18.6 Å². The normalized spacial score (nSPS) is 11.6. The van der Waals surface area contributed by atoms with Crippen molar-refractivity contribution in [1.29, 1.82) is 0 Å². The summed E-state index contributed by atoms with van der Waals surface area (Å²) >= 11 is 0. The molecule has 7 heteroatoms. The number of hydrogen-bond donors (Lipinski definition) is 3. The second-order valence-corrected chi connectivity index (χ2v) is 6.34. The summed E-state index contributed by atoms with van der Waals surface area (Å²) < 4.78 is 27.2. The Hall–Kier alpha value is -1.86. The summed E-state index contributed by atoms with van der Waals surface area (Å²) in [7, 11) is -3.74. The largest absolute Gasteiger partial charge is 0.326 e. The average Bonchev–Trinajstić information content (AvgIpc) is 2.75. The monoisotopic (exact) mass is 294 g/mol. The van der Waals surface area contributed by atoms with Crippen molar-refractivity contribution in [2.24, 2.45) is 5.73 Å². The molecule has 0 aliphatic carbocycles. The van der Waals surface area contributed by atoms with Crippen molar-refractivity contribution in [2.75, 3.05) is 4.72 Å². The van der Waals surface area contributed by atoms with E-state index in [4.69, 9.17) is 5.73 Å². The lowest BCUT2D eigenvalue weighted by Crippen LogP contribution is -2.16. The number of aromatic amines is 1. The Bertz CT molecular complexity index is 735. The van der Waals surface area contributed by atoms with Crippen LogP contribution in [0.4, 0.5) is 5.69 Å². The molecule has 0 saturated carbocycles. The highest BCUT2D eigenvalue weighted by atomic mass is 32.2. The Morgan fingerprint density at radius 1 is 1.25 bits per heavy atom. The number of nitrogens with one attached hydrogen (secondary N) is 2. The summed E-state index contributed by atoms with van der Waals surface area (Å²) in [5, 5.41) is 6.44. The first-order valence-electron chi connectivity index (χ1n) is 6.19. The summed E-state index contributed by atoms with van der Waals surface area (Å²) in [5.41, 5.74) is 9.37. The minimum absolute atomic E-state index is 0.0456. The predicted octanol–water partition coefficient (Wildman–Crippen LogP) is 1.59. The van der Waals surface area contributed by atoms with E-state index in [1.54, 1.807) is 19.1 Å².